The molecule has 0 aliphatic heterocycles. The lowest BCUT2D eigenvalue weighted by Gasteiger charge is -2.16. The van der Waals surface area contributed by atoms with Crippen LogP contribution in [0.3, 0.4) is 0 Å². The zero-order valence-electron chi connectivity index (χ0n) is 10.5. The average molecular weight is 306 g/mol. The number of nitrogens with zero attached hydrogens (tertiary/aromatic N) is 2. The summed E-state index contributed by atoms with van der Waals surface area (Å²) < 4.78 is 1.01. The van der Waals surface area contributed by atoms with Crippen LogP contribution in [0.1, 0.15) is 22.9 Å². The minimum Gasteiger partial charge on any atom is -0.313 e. The molecule has 1 unspecified atom stereocenters. The van der Waals surface area contributed by atoms with E-state index in [0.29, 0.717) is 0 Å². The molecular formula is C14H16BrN3. The molecule has 4 heteroatoms. The first-order valence-electron chi connectivity index (χ1n) is 5.88. The number of hydrogen-bond acceptors (Lipinski definition) is 3. The van der Waals surface area contributed by atoms with E-state index in [1.54, 1.807) is 6.20 Å². The molecule has 2 rings (SSSR count). The van der Waals surface area contributed by atoms with Crippen molar-refractivity contribution in [1.82, 2.24) is 15.3 Å². The summed E-state index contributed by atoms with van der Waals surface area (Å²) in [6.07, 6.45) is 6.53. The van der Waals surface area contributed by atoms with Crippen LogP contribution in [0.4, 0.5) is 0 Å². The second kappa shape index (κ2) is 6.07. The van der Waals surface area contributed by atoms with E-state index in [1.165, 1.54) is 11.1 Å². The van der Waals surface area contributed by atoms with Crippen LogP contribution in [0.15, 0.2) is 41.3 Å². The second-order valence-corrected chi connectivity index (χ2v) is 5.21. The van der Waals surface area contributed by atoms with Gasteiger partial charge in [0.1, 0.15) is 0 Å². The molecule has 18 heavy (non-hydrogen) atoms. The highest BCUT2D eigenvalue weighted by Crippen LogP contribution is 2.19. The van der Waals surface area contributed by atoms with Crippen molar-refractivity contribution in [2.75, 3.05) is 7.05 Å². The van der Waals surface area contributed by atoms with Crippen LogP contribution in [-0.4, -0.2) is 17.0 Å². The Hall–Kier alpha value is -1.26. The van der Waals surface area contributed by atoms with E-state index in [0.717, 1.165) is 16.6 Å². The third-order valence-electron chi connectivity index (χ3n) is 2.89. The molecule has 0 aromatic carbocycles. The molecule has 1 N–H and O–H groups in total. The number of rotatable bonds is 4. The lowest BCUT2D eigenvalue weighted by Crippen LogP contribution is -2.19. The Kier molecular flexibility index (Phi) is 4.44. The molecule has 0 aliphatic rings. The van der Waals surface area contributed by atoms with Gasteiger partial charge in [0.15, 0.2) is 0 Å². The van der Waals surface area contributed by atoms with Gasteiger partial charge in [0.05, 0.1) is 0 Å². The number of aromatic nitrogens is 2. The van der Waals surface area contributed by atoms with Crippen LogP contribution in [0.5, 0.6) is 0 Å². The monoisotopic (exact) mass is 305 g/mol. The van der Waals surface area contributed by atoms with E-state index in [9.17, 15) is 0 Å². The number of aryl methyl sites for hydroxylation is 1. The van der Waals surface area contributed by atoms with Gasteiger partial charge >= 0.3 is 0 Å². The fourth-order valence-corrected chi connectivity index (χ4v) is 2.29. The number of hydrogen-bond donors (Lipinski definition) is 1. The van der Waals surface area contributed by atoms with Crippen LogP contribution in [0.2, 0.25) is 0 Å². The van der Waals surface area contributed by atoms with Gasteiger partial charge in [-0.2, -0.15) is 0 Å². The molecule has 2 aromatic rings. The molecule has 2 heterocycles. The SMILES string of the molecule is CNC(Cc1cncc(Br)c1)c1ccc(C)nc1. The summed E-state index contributed by atoms with van der Waals surface area (Å²) in [6, 6.07) is 6.52. The van der Waals surface area contributed by atoms with Crippen molar-refractivity contribution in [3.05, 3.63) is 58.1 Å². The minimum absolute atomic E-state index is 0.259. The van der Waals surface area contributed by atoms with Crippen LogP contribution in [-0.2, 0) is 6.42 Å². The van der Waals surface area contributed by atoms with Crippen LogP contribution < -0.4 is 5.32 Å². The van der Waals surface area contributed by atoms with Crippen molar-refractivity contribution in [1.29, 1.82) is 0 Å². The van der Waals surface area contributed by atoms with Crippen molar-refractivity contribution in [2.24, 2.45) is 0 Å². The Morgan fingerprint density at radius 3 is 2.72 bits per heavy atom. The molecule has 0 saturated carbocycles. The fourth-order valence-electron chi connectivity index (χ4n) is 1.88. The van der Waals surface area contributed by atoms with E-state index in [-0.39, 0.29) is 6.04 Å². The molecule has 0 saturated heterocycles. The molecular weight excluding hydrogens is 290 g/mol. The first-order valence-corrected chi connectivity index (χ1v) is 6.67. The van der Waals surface area contributed by atoms with Gasteiger partial charge in [0, 0.05) is 34.8 Å². The van der Waals surface area contributed by atoms with Crippen molar-refractivity contribution in [3.63, 3.8) is 0 Å². The lowest BCUT2D eigenvalue weighted by atomic mass is 10.0. The predicted molar refractivity (Wildman–Crippen MR) is 76.4 cm³/mol. The first-order chi connectivity index (χ1) is 8.69. The maximum atomic E-state index is 4.34. The van der Waals surface area contributed by atoms with Crippen molar-refractivity contribution in [3.8, 4) is 0 Å². The zero-order valence-corrected chi connectivity index (χ0v) is 12.1. The number of halogens is 1. The molecule has 2 aromatic heterocycles. The highest BCUT2D eigenvalue weighted by molar-refractivity contribution is 9.10. The van der Waals surface area contributed by atoms with Crippen LogP contribution >= 0.6 is 15.9 Å². The van der Waals surface area contributed by atoms with Gasteiger partial charge < -0.3 is 5.32 Å². The normalized spacial score (nSPS) is 12.4. The van der Waals surface area contributed by atoms with Gasteiger partial charge in [-0.15, -0.1) is 0 Å². The Balaban J connectivity index is 2.17. The Labute approximate surface area is 116 Å². The molecule has 0 aliphatic carbocycles. The maximum Gasteiger partial charge on any atom is 0.0410 e. The molecule has 3 nitrogen and oxygen atoms in total. The molecule has 0 radical (unpaired) electrons. The quantitative estimate of drug-likeness (QED) is 0.943. The summed E-state index contributed by atoms with van der Waals surface area (Å²) in [5.74, 6) is 0. The summed E-state index contributed by atoms with van der Waals surface area (Å²) in [6.45, 7) is 2.00. The Bertz CT molecular complexity index is 511. The zero-order chi connectivity index (χ0) is 13.0. The molecule has 0 fully saturated rings. The van der Waals surface area contributed by atoms with Gasteiger partial charge in [-0.1, -0.05) is 6.07 Å². The van der Waals surface area contributed by atoms with Gasteiger partial charge in [0.25, 0.3) is 0 Å². The molecule has 1 atom stereocenters. The third kappa shape index (κ3) is 3.37. The Morgan fingerprint density at radius 1 is 1.28 bits per heavy atom. The van der Waals surface area contributed by atoms with E-state index in [2.05, 4.69) is 43.3 Å². The van der Waals surface area contributed by atoms with Crippen molar-refractivity contribution < 1.29 is 0 Å². The minimum atomic E-state index is 0.259. The second-order valence-electron chi connectivity index (χ2n) is 4.29. The smallest absolute Gasteiger partial charge is 0.0410 e. The maximum absolute atomic E-state index is 4.34. The van der Waals surface area contributed by atoms with Crippen LogP contribution in [0.25, 0.3) is 0 Å². The summed E-state index contributed by atoms with van der Waals surface area (Å²) >= 11 is 3.44. The summed E-state index contributed by atoms with van der Waals surface area (Å²) in [4.78, 5) is 8.53. The van der Waals surface area contributed by atoms with E-state index in [4.69, 9.17) is 0 Å². The summed E-state index contributed by atoms with van der Waals surface area (Å²) in [7, 11) is 1.97. The fraction of sp³-hybridized carbons (Fsp3) is 0.286. The molecule has 0 spiro atoms. The van der Waals surface area contributed by atoms with Gasteiger partial charge in [-0.05, 0) is 59.6 Å². The first kappa shape index (κ1) is 13.2. The van der Waals surface area contributed by atoms with E-state index >= 15 is 0 Å². The van der Waals surface area contributed by atoms with E-state index in [1.807, 2.05) is 32.4 Å². The highest BCUT2D eigenvalue weighted by atomic mass is 79.9. The third-order valence-corrected chi connectivity index (χ3v) is 3.32. The Morgan fingerprint density at radius 2 is 2.11 bits per heavy atom. The average Bonchev–Trinajstić information content (AvgIpc) is 2.37. The summed E-state index contributed by atoms with van der Waals surface area (Å²) in [5, 5.41) is 3.32. The largest absolute Gasteiger partial charge is 0.313 e. The van der Waals surface area contributed by atoms with E-state index < -0.39 is 0 Å². The lowest BCUT2D eigenvalue weighted by molar-refractivity contribution is 0.588. The molecule has 94 valence electrons. The standard InChI is InChI=1S/C14H16BrN3/c1-10-3-4-12(8-18-10)14(16-2)6-11-5-13(15)9-17-7-11/h3-5,7-9,14,16H,6H2,1-2H3. The predicted octanol–water partition coefficient (Wildman–Crippen LogP) is 3.05. The van der Waals surface area contributed by atoms with Gasteiger partial charge in [0.2, 0.25) is 0 Å². The summed E-state index contributed by atoms with van der Waals surface area (Å²) in [5.41, 5.74) is 3.44. The van der Waals surface area contributed by atoms with Gasteiger partial charge in [-0.3, -0.25) is 9.97 Å². The molecule has 0 amide bonds. The van der Waals surface area contributed by atoms with Crippen molar-refractivity contribution in [2.45, 2.75) is 19.4 Å². The number of nitrogens with one attached hydrogen (secondary N) is 1. The number of likely N-dealkylation sites (N-methyl/N-ethyl adjacent to an activating group) is 1. The van der Waals surface area contributed by atoms with Crippen molar-refractivity contribution >= 4 is 15.9 Å². The van der Waals surface area contributed by atoms with Crippen LogP contribution in [0, 0.1) is 6.92 Å². The topological polar surface area (TPSA) is 37.8 Å². The van der Waals surface area contributed by atoms with Gasteiger partial charge in [-0.25, -0.2) is 0 Å². The highest BCUT2D eigenvalue weighted by Gasteiger charge is 2.10. The number of pyridine rings is 2. The molecule has 0 bridgehead atoms.